The molecule has 0 saturated carbocycles. The molecule has 0 aliphatic carbocycles. The summed E-state index contributed by atoms with van der Waals surface area (Å²) in [5, 5.41) is 6.40. The standard InChI is InChI=1S/C13H20N2/c1-4-11(9-10-14-2)12-7-5-6-8-13(12)15-3/h4-8,14-15H,9-10H2,1-3H3/b11-4+. The molecule has 0 aromatic heterocycles. The highest BCUT2D eigenvalue weighted by Crippen LogP contribution is 2.25. The topological polar surface area (TPSA) is 24.1 Å². The molecule has 0 heterocycles. The minimum absolute atomic E-state index is 1.01. The summed E-state index contributed by atoms with van der Waals surface area (Å²) in [6, 6.07) is 8.41. The predicted octanol–water partition coefficient (Wildman–Crippen LogP) is 2.74. The normalized spacial score (nSPS) is 11.5. The summed E-state index contributed by atoms with van der Waals surface area (Å²) in [5.41, 5.74) is 3.88. The fourth-order valence-electron chi connectivity index (χ4n) is 1.68. The Morgan fingerprint density at radius 3 is 2.60 bits per heavy atom. The zero-order valence-electron chi connectivity index (χ0n) is 9.80. The second-order valence-corrected chi connectivity index (χ2v) is 3.46. The van der Waals surface area contributed by atoms with E-state index in [9.17, 15) is 0 Å². The molecule has 1 rings (SSSR count). The molecule has 2 heteroatoms. The first-order chi connectivity index (χ1) is 7.33. The van der Waals surface area contributed by atoms with Gasteiger partial charge in [-0.1, -0.05) is 24.3 Å². The number of anilines is 1. The van der Waals surface area contributed by atoms with Crippen LogP contribution in [0.4, 0.5) is 5.69 Å². The van der Waals surface area contributed by atoms with E-state index < -0.39 is 0 Å². The zero-order valence-corrected chi connectivity index (χ0v) is 9.80. The van der Waals surface area contributed by atoms with Crippen LogP contribution in [0, 0.1) is 0 Å². The number of allylic oxidation sites excluding steroid dienone is 1. The summed E-state index contributed by atoms with van der Waals surface area (Å²) < 4.78 is 0. The number of hydrogen-bond donors (Lipinski definition) is 2. The van der Waals surface area contributed by atoms with E-state index in [0.29, 0.717) is 0 Å². The number of para-hydroxylation sites is 1. The lowest BCUT2D eigenvalue weighted by Gasteiger charge is -2.12. The van der Waals surface area contributed by atoms with Crippen LogP contribution in [0.15, 0.2) is 30.3 Å². The first-order valence-electron chi connectivity index (χ1n) is 5.40. The van der Waals surface area contributed by atoms with Crippen molar-refractivity contribution in [3.8, 4) is 0 Å². The lowest BCUT2D eigenvalue weighted by molar-refractivity contribution is 0.815. The summed E-state index contributed by atoms with van der Waals surface area (Å²) in [5.74, 6) is 0. The van der Waals surface area contributed by atoms with Gasteiger partial charge in [-0.3, -0.25) is 0 Å². The monoisotopic (exact) mass is 204 g/mol. The van der Waals surface area contributed by atoms with Crippen molar-refractivity contribution in [2.75, 3.05) is 26.0 Å². The van der Waals surface area contributed by atoms with Gasteiger partial charge in [-0.15, -0.1) is 0 Å². The van der Waals surface area contributed by atoms with Crippen LogP contribution in [0.2, 0.25) is 0 Å². The SMILES string of the molecule is C/C=C(\CCNC)c1ccccc1NC. The van der Waals surface area contributed by atoms with Crippen molar-refractivity contribution >= 4 is 11.3 Å². The minimum Gasteiger partial charge on any atom is -0.388 e. The molecule has 2 nitrogen and oxygen atoms in total. The molecule has 0 bridgehead atoms. The van der Waals surface area contributed by atoms with Crippen molar-refractivity contribution in [1.29, 1.82) is 0 Å². The van der Waals surface area contributed by atoms with E-state index in [1.54, 1.807) is 0 Å². The second kappa shape index (κ2) is 6.25. The molecule has 0 spiro atoms. The van der Waals surface area contributed by atoms with Gasteiger partial charge in [0.15, 0.2) is 0 Å². The van der Waals surface area contributed by atoms with Gasteiger partial charge in [0, 0.05) is 18.3 Å². The van der Waals surface area contributed by atoms with Gasteiger partial charge in [0.1, 0.15) is 0 Å². The quantitative estimate of drug-likeness (QED) is 0.770. The molecule has 82 valence electrons. The Balaban J connectivity index is 2.91. The highest BCUT2D eigenvalue weighted by atomic mass is 14.8. The molecular formula is C13H20N2. The van der Waals surface area contributed by atoms with E-state index in [-0.39, 0.29) is 0 Å². The number of nitrogens with one attached hydrogen (secondary N) is 2. The maximum atomic E-state index is 3.23. The van der Waals surface area contributed by atoms with Crippen molar-refractivity contribution in [1.82, 2.24) is 5.32 Å². The summed E-state index contributed by atoms with van der Waals surface area (Å²) >= 11 is 0. The molecule has 0 aliphatic heterocycles. The van der Waals surface area contributed by atoms with Crippen LogP contribution in [0.5, 0.6) is 0 Å². The molecule has 0 fully saturated rings. The van der Waals surface area contributed by atoms with Gasteiger partial charge in [-0.05, 0) is 38.6 Å². The predicted molar refractivity (Wildman–Crippen MR) is 68.2 cm³/mol. The largest absolute Gasteiger partial charge is 0.388 e. The molecule has 0 radical (unpaired) electrons. The highest BCUT2D eigenvalue weighted by molar-refractivity contribution is 5.76. The smallest absolute Gasteiger partial charge is 0.0413 e. The second-order valence-electron chi connectivity index (χ2n) is 3.46. The molecule has 0 unspecified atom stereocenters. The Kier molecular flexibility index (Phi) is 4.91. The highest BCUT2D eigenvalue weighted by Gasteiger charge is 2.04. The lowest BCUT2D eigenvalue weighted by Crippen LogP contribution is -2.08. The van der Waals surface area contributed by atoms with Crippen LogP contribution in [0.25, 0.3) is 5.57 Å². The maximum Gasteiger partial charge on any atom is 0.0413 e. The van der Waals surface area contributed by atoms with Gasteiger partial charge >= 0.3 is 0 Å². The van der Waals surface area contributed by atoms with Gasteiger partial charge < -0.3 is 10.6 Å². The fourth-order valence-corrected chi connectivity index (χ4v) is 1.68. The van der Waals surface area contributed by atoms with Crippen molar-refractivity contribution in [2.45, 2.75) is 13.3 Å². The fraction of sp³-hybridized carbons (Fsp3) is 0.385. The van der Waals surface area contributed by atoms with Crippen LogP contribution < -0.4 is 10.6 Å². The Hall–Kier alpha value is -1.28. The van der Waals surface area contributed by atoms with Crippen molar-refractivity contribution in [3.05, 3.63) is 35.9 Å². The Bertz CT molecular complexity index is 329. The molecular weight excluding hydrogens is 184 g/mol. The molecule has 0 atom stereocenters. The van der Waals surface area contributed by atoms with E-state index in [1.807, 2.05) is 14.1 Å². The van der Waals surface area contributed by atoms with Crippen LogP contribution >= 0.6 is 0 Å². The van der Waals surface area contributed by atoms with Crippen molar-refractivity contribution < 1.29 is 0 Å². The van der Waals surface area contributed by atoms with Gasteiger partial charge in [0.05, 0.1) is 0 Å². The van der Waals surface area contributed by atoms with Crippen LogP contribution in [-0.2, 0) is 0 Å². The summed E-state index contributed by atoms with van der Waals surface area (Å²) in [4.78, 5) is 0. The van der Waals surface area contributed by atoms with Gasteiger partial charge in [0.25, 0.3) is 0 Å². The van der Waals surface area contributed by atoms with E-state index in [0.717, 1.165) is 13.0 Å². The first-order valence-corrected chi connectivity index (χ1v) is 5.40. The molecule has 2 N–H and O–H groups in total. The average Bonchev–Trinajstić information content (AvgIpc) is 2.30. The molecule has 1 aromatic carbocycles. The molecule has 15 heavy (non-hydrogen) atoms. The van der Waals surface area contributed by atoms with Crippen LogP contribution in [-0.4, -0.2) is 20.6 Å². The Morgan fingerprint density at radius 1 is 1.27 bits per heavy atom. The molecule has 0 saturated heterocycles. The molecule has 0 aliphatic rings. The minimum atomic E-state index is 1.01. The number of rotatable bonds is 5. The van der Waals surface area contributed by atoms with Crippen molar-refractivity contribution in [2.24, 2.45) is 0 Å². The first kappa shape index (κ1) is 11.8. The number of hydrogen-bond acceptors (Lipinski definition) is 2. The molecule has 0 amide bonds. The third-order valence-electron chi connectivity index (χ3n) is 2.54. The van der Waals surface area contributed by atoms with Gasteiger partial charge in [0.2, 0.25) is 0 Å². The maximum absolute atomic E-state index is 3.23. The summed E-state index contributed by atoms with van der Waals surface area (Å²) in [6.07, 6.45) is 3.25. The van der Waals surface area contributed by atoms with Crippen LogP contribution in [0.3, 0.4) is 0 Å². The van der Waals surface area contributed by atoms with E-state index in [2.05, 4.69) is 47.9 Å². The third-order valence-corrected chi connectivity index (χ3v) is 2.54. The van der Waals surface area contributed by atoms with Crippen molar-refractivity contribution in [3.63, 3.8) is 0 Å². The van der Waals surface area contributed by atoms with Gasteiger partial charge in [-0.2, -0.15) is 0 Å². The van der Waals surface area contributed by atoms with E-state index in [4.69, 9.17) is 0 Å². The average molecular weight is 204 g/mol. The third kappa shape index (κ3) is 3.10. The van der Waals surface area contributed by atoms with E-state index >= 15 is 0 Å². The zero-order chi connectivity index (χ0) is 11.1. The number of benzene rings is 1. The summed E-state index contributed by atoms with van der Waals surface area (Å²) in [6.45, 7) is 3.11. The summed E-state index contributed by atoms with van der Waals surface area (Å²) in [7, 11) is 3.95. The Labute approximate surface area is 92.4 Å². The van der Waals surface area contributed by atoms with Crippen LogP contribution in [0.1, 0.15) is 18.9 Å². The van der Waals surface area contributed by atoms with E-state index in [1.165, 1.54) is 16.8 Å². The molecule has 1 aromatic rings. The Morgan fingerprint density at radius 2 is 2.00 bits per heavy atom. The van der Waals surface area contributed by atoms with Gasteiger partial charge in [-0.25, -0.2) is 0 Å². The lowest BCUT2D eigenvalue weighted by atomic mass is 10.0.